The van der Waals surface area contributed by atoms with Crippen LogP contribution in [-0.2, 0) is 22.3 Å². The molecule has 4 heteroatoms. The summed E-state index contributed by atoms with van der Waals surface area (Å²) in [6.07, 6.45) is 8.70. The number of hydrogen-bond donors (Lipinski definition) is 0. The summed E-state index contributed by atoms with van der Waals surface area (Å²) in [4.78, 5) is 0. The lowest BCUT2D eigenvalue weighted by Gasteiger charge is -2.30. The Morgan fingerprint density at radius 1 is 0.879 bits per heavy atom. The molecule has 0 aromatic heterocycles. The molecule has 2 nitrogen and oxygen atoms in total. The molecule has 1 fully saturated rings. The van der Waals surface area contributed by atoms with Crippen molar-refractivity contribution in [3.05, 3.63) is 82.1 Å². The minimum atomic E-state index is -0.363. The van der Waals surface area contributed by atoms with Gasteiger partial charge in [-0.25, -0.2) is 4.39 Å². The molecule has 1 aliphatic heterocycles. The van der Waals surface area contributed by atoms with Gasteiger partial charge in [0.2, 0.25) is 0 Å². The molecule has 0 aliphatic carbocycles. The third-order valence-electron chi connectivity index (χ3n) is 6.61. The maximum atomic E-state index is 15.2. The van der Waals surface area contributed by atoms with Crippen molar-refractivity contribution in [3.8, 4) is 0 Å². The number of fused-ring (bicyclic) bond motifs is 1. The Morgan fingerprint density at radius 3 is 2.39 bits per heavy atom. The molecule has 1 aliphatic rings. The van der Waals surface area contributed by atoms with Crippen molar-refractivity contribution in [2.75, 3.05) is 13.2 Å². The van der Waals surface area contributed by atoms with Crippen LogP contribution in [0.3, 0.4) is 0 Å². The third-order valence-corrected chi connectivity index (χ3v) is 6.86. The molecule has 4 rings (SSSR count). The molecule has 1 heterocycles. The fraction of sp³-hybridized carbons (Fsp3) is 0.448. The zero-order chi connectivity index (χ0) is 23.0. The molecule has 0 N–H and O–H groups in total. The number of benzene rings is 3. The number of hydrogen-bond acceptors (Lipinski definition) is 2. The Bertz CT molecular complexity index is 1030. The minimum Gasteiger partial charge on any atom is -0.348 e. The van der Waals surface area contributed by atoms with Crippen LogP contribution >= 0.6 is 11.6 Å². The molecule has 3 aromatic rings. The van der Waals surface area contributed by atoms with E-state index in [4.69, 9.17) is 21.1 Å². The van der Waals surface area contributed by atoms with Crippen molar-refractivity contribution in [2.45, 2.75) is 64.6 Å². The van der Waals surface area contributed by atoms with Crippen LogP contribution in [0.1, 0.15) is 68.4 Å². The van der Waals surface area contributed by atoms with E-state index in [9.17, 15) is 0 Å². The van der Waals surface area contributed by atoms with E-state index in [1.54, 1.807) is 0 Å². The van der Waals surface area contributed by atoms with Gasteiger partial charge in [-0.15, -0.1) is 0 Å². The molecule has 0 spiro atoms. The SMILES string of the molecule is CCCCCCCC1COC(c2ccc3c(F)c(CCc4ccc(Cl)cc4)ccc3c2)OC1. The highest BCUT2D eigenvalue weighted by atomic mass is 35.5. The summed E-state index contributed by atoms with van der Waals surface area (Å²) in [6, 6.07) is 17.4. The molecule has 0 amide bonds. The molecule has 1 saturated heterocycles. The van der Waals surface area contributed by atoms with Crippen molar-refractivity contribution >= 4 is 22.4 Å². The zero-order valence-corrected chi connectivity index (χ0v) is 20.3. The molecule has 176 valence electrons. The number of halogens is 2. The molecule has 0 radical (unpaired) electrons. The number of ether oxygens (including phenoxy) is 2. The van der Waals surface area contributed by atoms with Crippen LogP contribution in [-0.4, -0.2) is 13.2 Å². The molecule has 0 unspecified atom stereocenters. The number of aryl methyl sites for hydroxylation is 2. The lowest BCUT2D eigenvalue weighted by Crippen LogP contribution is -2.27. The largest absolute Gasteiger partial charge is 0.348 e. The molecule has 0 saturated carbocycles. The van der Waals surface area contributed by atoms with Gasteiger partial charge < -0.3 is 9.47 Å². The second-order valence-electron chi connectivity index (χ2n) is 9.21. The van der Waals surface area contributed by atoms with Crippen molar-refractivity contribution < 1.29 is 13.9 Å². The number of rotatable bonds is 10. The smallest absolute Gasteiger partial charge is 0.183 e. The predicted octanol–water partition coefficient (Wildman–Crippen LogP) is 8.44. The summed E-state index contributed by atoms with van der Waals surface area (Å²) in [5, 5.41) is 2.24. The quantitative estimate of drug-likeness (QED) is 0.278. The van der Waals surface area contributed by atoms with E-state index in [-0.39, 0.29) is 12.1 Å². The Kier molecular flexibility index (Phi) is 8.77. The summed E-state index contributed by atoms with van der Waals surface area (Å²) in [5.41, 5.74) is 2.84. The Balaban J connectivity index is 1.34. The van der Waals surface area contributed by atoms with E-state index in [1.165, 1.54) is 32.1 Å². The van der Waals surface area contributed by atoms with Crippen molar-refractivity contribution in [2.24, 2.45) is 5.92 Å². The highest BCUT2D eigenvalue weighted by molar-refractivity contribution is 6.30. The van der Waals surface area contributed by atoms with Crippen LogP contribution in [0.15, 0.2) is 54.6 Å². The van der Waals surface area contributed by atoms with Crippen LogP contribution in [0.25, 0.3) is 10.8 Å². The first-order valence-electron chi connectivity index (χ1n) is 12.3. The van der Waals surface area contributed by atoms with E-state index >= 15 is 4.39 Å². The van der Waals surface area contributed by atoms with Gasteiger partial charge in [0.25, 0.3) is 0 Å². The molecule has 0 bridgehead atoms. The van der Waals surface area contributed by atoms with E-state index < -0.39 is 0 Å². The third kappa shape index (κ3) is 6.56. The fourth-order valence-corrected chi connectivity index (χ4v) is 4.69. The summed E-state index contributed by atoms with van der Waals surface area (Å²) in [6.45, 7) is 3.70. The maximum Gasteiger partial charge on any atom is 0.183 e. The van der Waals surface area contributed by atoms with Gasteiger partial charge in [-0.05, 0) is 54.0 Å². The van der Waals surface area contributed by atoms with Crippen LogP contribution < -0.4 is 0 Å². The second kappa shape index (κ2) is 12.0. The first kappa shape index (κ1) is 24.2. The minimum absolute atomic E-state index is 0.137. The molecule has 3 aromatic carbocycles. The van der Waals surface area contributed by atoms with Crippen molar-refractivity contribution in [1.29, 1.82) is 0 Å². The van der Waals surface area contributed by atoms with Crippen LogP contribution in [0.2, 0.25) is 5.02 Å². The second-order valence-corrected chi connectivity index (χ2v) is 9.65. The predicted molar refractivity (Wildman–Crippen MR) is 134 cm³/mol. The van der Waals surface area contributed by atoms with Gasteiger partial charge in [-0.2, -0.15) is 0 Å². The molecule has 33 heavy (non-hydrogen) atoms. The van der Waals surface area contributed by atoms with Crippen LogP contribution in [0, 0.1) is 11.7 Å². The van der Waals surface area contributed by atoms with E-state index in [2.05, 4.69) is 6.92 Å². The van der Waals surface area contributed by atoms with Gasteiger partial charge in [-0.1, -0.05) is 87.0 Å². The summed E-state index contributed by atoms with van der Waals surface area (Å²) in [5.74, 6) is 0.339. The van der Waals surface area contributed by atoms with Crippen LogP contribution in [0.4, 0.5) is 4.39 Å². The summed E-state index contributed by atoms with van der Waals surface area (Å²) in [7, 11) is 0. The van der Waals surface area contributed by atoms with E-state index in [1.807, 2.05) is 54.6 Å². The average Bonchev–Trinajstić information content (AvgIpc) is 2.85. The first-order valence-corrected chi connectivity index (χ1v) is 12.7. The topological polar surface area (TPSA) is 18.5 Å². The lowest BCUT2D eigenvalue weighted by atomic mass is 9.98. The number of unbranched alkanes of at least 4 members (excludes halogenated alkanes) is 4. The summed E-state index contributed by atoms with van der Waals surface area (Å²) >= 11 is 5.95. The first-order chi connectivity index (χ1) is 16.1. The van der Waals surface area contributed by atoms with Gasteiger partial charge in [0.15, 0.2) is 6.29 Å². The van der Waals surface area contributed by atoms with Gasteiger partial charge in [0, 0.05) is 21.9 Å². The van der Waals surface area contributed by atoms with E-state index in [0.717, 1.165) is 53.2 Å². The van der Waals surface area contributed by atoms with Gasteiger partial charge >= 0.3 is 0 Å². The Morgan fingerprint density at radius 2 is 1.64 bits per heavy atom. The van der Waals surface area contributed by atoms with Crippen molar-refractivity contribution in [3.63, 3.8) is 0 Å². The molecule has 0 atom stereocenters. The summed E-state index contributed by atoms with van der Waals surface area (Å²) < 4.78 is 27.2. The normalized spacial score (nSPS) is 18.6. The van der Waals surface area contributed by atoms with Gasteiger partial charge in [-0.3, -0.25) is 0 Å². The maximum absolute atomic E-state index is 15.2. The van der Waals surface area contributed by atoms with Crippen molar-refractivity contribution in [1.82, 2.24) is 0 Å². The zero-order valence-electron chi connectivity index (χ0n) is 19.5. The standard InChI is InChI=1S/C29H34ClFO2/c1-2-3-4-5-6-7-22-19-32-29(33-20-22)25-14-17-27-24(18-25)13-12-23(28(27)31)11-8-21-9-15-26(30)16-10-21/h9-10,12-18,22,29H,2-8,11,19-20H2,1H3. The average molecular weight is 469 g/mol. The lowest BCUT2D eigenvalue weighted by molar-refractivity contribution is -0.206. The Hall–Kier alpha value is -1.94. The van der Waals surface area contributed by atoms with Crippen LogP contribution in [0.5, 0.6) is 0 Å². The molecular formula is C29H34ClFO2. The fourth-order valence-electron chi connectivity index (χ4n) is 4.56. The monoisotopic (exact) mass is 468 g/mol. The molecular weight excluding hydrogens is 435 g/mol. The highest BCUT2D eigenvalue weighted by Crippen LogP contribution is 2.31. The van der Waals surface area contributed by atoms with Gasteiger partial charge in [0.05, 0.1) is 13.2 Å². The van der Waals surface area contributed by atoms with Gasteiger partial charge in [0.1, 0.15) is 5.82 Å². The Labute approximate surface area is 202 Å². The highest BCUT2D eigenvalue weighted by Gasteiger charge is 2.23. The van der Waals surface area contributed by atoms with E-state index in [0.29, 0.717) is 17.7 Å².